The van der Waals surface area contributed by atoms with Gasteiger partial charge in [-0.25, -0.2) is 4.79 Å². The average Bonchev–Trinajstić information content (AvgIpc) is 2.84. The van der Waals surface area contributed by atoms with Gasteiger partial charge in [-0.2, -0.15) is 5.26 Å². The van der Waals surface area contributed by atoms with Crippen LogP contribution in [0.2, 0.25) is 0 Å². The lowest BCUT2D eigenvalue weighted by atomic mass is 10.0. The molecule has 0 aliphatic heterocycles. The van der Waals surface area contributed by atoms with E-state index in [9.17, 15) is 14.9 Å². The molecule has 3 aromatic rings. The number of carbonyl (C=O) groups is 2. The number of rotatable bonds is 8. The van der Waals surface area contributed by atoms with Crippen LogP contribution in [0.5, 0.6) is 17.2 Å². The molecule has 0 fully saturated rings. The molecule has 0 aliphatic rings. The Kier molecular flexibility index (Phi) is 7.39. The molecule has 6 nitrogen and oxygen atoms in total. The van der Waals surface area contributed by atoms with E-state index in [0.717, 1.165) is 0 Å². The number of benzene rings is 3. The number of Topliss-reactive ketones (excluding diaryl/α,β-unsaturated/α-hetero) is 1. The Morgan fingerprint density at radius 1 is 0.938 bits per heavy atom. The first-order valence-corrected chi connectivity index (χ1v) is 9.90. The minimum atomic E-state index is -0.565. The van der Waals surface area contributed by atoms with E-state index in [1.165, 1.54) is 13.2 Å². The van der Waals surface area contributed by atoms with E-state index in [-0.39, 0.29) is 17.1 Å². The lowest BCUT2D eigenvalue weighted by molar-refractivity contribution is 0.0728. The summed E-state index contributed by atoms with van der Waals surface area (Å²) < 4.78 is 16.3. The number of hydrogen-bond acceptors (Lipinski definition) is 6. The van der Waals surface area contributed by atoms with Crippen LogP contribution in [-0.2, 0) is 0 Å². The van der Waals surface area contributed by atoms with Crippen LogP contribution in [0, 0.1) is 11.3 Å². The predicted octanol–water partition coefficient (Wildman–Crippen LogP) is 5.10. The summed E-state index contributed by atoms with van der Waals surface area (Å²) in [6.07, 6.45) is 1.48. The highest BCUT2D eigenvalue weighted by molar-refractivity contribution is 6.14. The molecule has 0 spiro atoms. The molecule has 0 bridgehead atoms. The minimum absolute atomic E-state index is 0.0141. The SMILES string of the molecule is CCOc1cc(C=C(C#N)C(=O)c2ccccc2)ccc1OC(=O)c1cccc(OC)c1. The summed E-state index contributed by atoms with van der Waals surface area (Å²) in [5.41, 5.74) is 1.31. The number of carbonyl (C=O) groups excluding carboxylic acids is 2. The first-order valence-electron chi connectivity index (χ1n) is 9.90. The molecular weight excluding hydrogens is 406 g/mol. The molecule has 0 aliphatic carbocycles. The minimum Gasteiger partial charge on any atom is -0.497 e. The van der Waals surface area contributed by atoms with Crippen LogP contribution in [0.15, 0.2) is 78.4 Å². The van der Waals surface area contributed by atoms with Gasteiger partial charge in [0, 0.05) is 5.56 Å². The van der Waals surface area contributed by atoms with E-state index in [2.05, 4.69) is 0 Å². The zero-order valence-electron chi connectivity index (χ0n) is 17.7. The van der Waals surface area contributed by atoms with Crippen LogP contribution in [-0.4, -0.2) is 25.5 Å². The third-order valence-electron chi connectivity index (χ3n) is 4.49. The highest BCUT2D eigenvalue weighted by Crippen LogP contribution is 2.30. The Morgan fingerprint density at radius 3 is 2.38 bits per heavy atom. The van der Waals surface area contributed by atoms with Gasteiger partial charge in [0.15, 0.2) is 11.5 Å². The largest absolute Gasteiger partial charge is 0.497 e. The van der Waals surface area contributed by atoms with Gasteiger partial charge >= 0.3 is 5.97 Å². The van der Waals surface area contributed by atoms with E-state index in [1.54, 1.807) is 79.7 Å². The molecule has 0 heterocycles. The summed E-state index contributed by atoms with van der Waals surface area (Å²) in [4.78, 5) is 25.2. The molecule has 0 amide bonds. The number of nitriles is 1. The van der Waals surface area contributed by atoms with Crippen LogP contribution in [0.3, 0.4) is 0 Å². The monoisotopic (exact) mass is 427 g/mol. The summed E-state index contributed by atoms with van der Waals surface area (Å²) in [6, 6.07) is 22.0. The molecule has 0 atom stereocenters. The summed E-state index contributed by atoms with van der Waals surface area (Å²) in [5.74, 6) is 0.147. The molecule has 0 N–H and O–H groups in total. The topological polar surface area (TPSA) is 85.6 Å². The van der Waals surface area contributed by atoms with Gasteiger partial charge < -0.3 is 14.2 Å². The van der Waals surface area contributed by atoms with Gasteiger partial charge in [-0.1, -0.05) is 42.5 Å². The van der Waals surface area contributed by atoms with Crippen LogP contribution >= 0.6 is 0 Å². The maximum atomic E-state index is 12.6. The molecule has 3 aromatic carbocycles. The van der Waals surface area contributed by atoms with Gasteiger partial charge in [-0.15, -0.1) is 0 Å². The van der Waals surface area contributed by atoms with Crippen LogP contribution in [0.1, 0.15) is 33.2 Å². The second kappa shape index (κ2) is 10.6. The molecule has 0 saturated carbocycles. The van der Waals surface area contributed by atoms with Gasteiger partial charge in [0.25, 0.3) is 0 Å². The van der Waals surface area contributed by atoms with Gasteiger partial charge in [0.2, 0.25) is 5.78 Å². The number of esters is 1. The van der Waals surface area contributed by atoms with E-state index < -0.39 is 5.97 Å². The predicted molar refractivity (Wildman–Crippen MR) is 120 cm³/mol. The maximum absolute atomic E-state index is 12.6. The van der Waals surface area contributed by atoms with E-state index in [0.29, 0.717) is 34.8 Å². The third kappa shape index (κ3) is 5.41. The average molecular weight is 427 g/mol. The lowest BCUT2D eigenvalue weighted by Crippen LogP contribution is -2.10. The Bertz CT molecular complexity index is 1190. The zero-order valence-corrected chi connectivity index (χ0v) is 17.7. The first kappa shape index (κ1) is 22.3. The van der Waals surface area contributed by atoms with Crippen molar-refractivity contribution in [2.45, 2.75) is 6.92 Å². The second-order valence-corrected chi connectivity index (χ2v) is 6.63. The van der Waals surface area contributed by atoms with E-state index >= 15 is 0 Å². The van der Waals surface area contributed by atoms with Gasteiger partial charge in [-0.3, -0.25) is 4.79 Å². The van der Waals surface area contributed by atoms with Crippen molar-refractivity contribution in [2.24, 2.45) is 0 Å². The Labute approximate surface area is 186 Å². The van der Waals surface area contributed by atoms with Crippen LogP contribution < -0.4 is 14.2 Å². The number of allylic oxidation sites excluding steroid dienone is 1. The Morgan fingerprint density at radius 2 is 1.69 bits per heavy atom. The number of nitrogens with zero attached hydrogens (tertiary/aromatic N) is 1. The second-order valence-electron chi connectivity index (χ2n) is 6.63. The fourth-order valence-corrected chi connectivity index (χ4v) is 2.94. The molecule has 0 radical (unpaired) electrons. The molecule has 160 valence electrons. The first-order chi connectivity index (χ1) is 15.5. The molecule has 0 aromatic heterocycles. The Hall–Kier alpha value is -4.37. The van der Waals surface area contributed by atoms with Crippen molar-refractivity contribution in [3.05, 3.63) is 95.1 Å². The van der Waals surface area contributed by atoms with E-state index in [1.807, 2.05) is 6.07 Å². The van der Waals surface area contributed by atoms with Gasteiger partial charge in [0.1, 0.15) is 17.4 Å². The highest BCUT2D eigenvalue weighted by Gasteiger charge is 2.15. The van der Waals surface area contributed by atoms with Crippen LogP contribution in [0.4, 0.5) is 0 Å². The normalized spacial score (nSPS) is 10.7. The van der Waals surface area contributed by atoms with Crippen molar-refractivity contribution in [2.75, 3.05) is 13.7 Å². The number of hydrogen-bond donors (Lipinski definition) is 0. The number of ether oxygens (including phenoxy) is 3. The number of methoxy groups -OCH3 is 1. The number of ketones is 1. The fourth-order valence-electron chi connectivity index (χ4n) is 2.94. The molecule has 0 unspecified atom stereocenters. The van der Waals surface area contributed by atoms with Gasteiger partial charge in [-0.05, 0) is 48.9 Å². The van der Waals surface area contributed by atoms with Crippen LogP contribution in [0.25, 0.3) is 6.08 Å². The summed E-state index contributed by atoms with van der Waals surface area (Å²) in [6.45, 7) is 2.14. The molecule has 32 heavy (non-hydrogen) atoms. The quantitative estimate of drug-likeness (QED) is 0.163. The van der Waals surface area contributed by atoms with Gasteiger partial charge in [0.05, 0.1) is 19.3 Å². The van der Waals surface area contributed by atoms with Crippen molar-refractivity contribution in [1.29, 1.82) is 5.26 Å². The highest BCUT2D eigenvalue weighted by atomic mass is 16.6. The molecule has 6 heteroatoms. The van der Waals surface area contributed by atoms with Crippen molar-refractivity contribution < 1.29 is 23.8 Å². The molecule has 0 saturated heterocycles. The Balaban J connectivity index is 1.88. The lowest BCUT2D eigenvalue weighted by Gasteiger charge is -2.12. The third-order valence-corrected chi connectivity index (χ3v) is 4.49. The summed E-state index contributed by atoms with van der Waals surface area (Å²) in [5, 5.41) is 9.48. The smallest absolute Gasteiger partial charge is 0.343 e. The fraction of sp³-hybridized carbons (Fsp3) is 0.115. The standard InChI is InChI=1S/C26H21NO5/c1-3-31-24-15-18(14-21(17-27)25(28)19-8-5-4-6-9-19)12-13-23(24)32-26(29)20-10-7-11-22(16-20)30-2/h4-16H,3H2,1-2H3. The van der Waals surface area contributed by atoms with Crippen molar-refractivity contribution in [3.8, 4) is 23.3 Å². The van der Waals surface area contributed by atoms with Crippen molar-refractivity contribution in [3.63, 3.8) is 0 Å². The van der Waals surface area contributed by atoms with Crippen molar-refractivity contribution >= 4 is 17.8 Å². The summed E-state index contributed by atoms with van der Waals surface area (Å²) in [7, 11) is 1.52. The van der Waals surface area contributed by atoms with E-state index in [4.69, 9.17) is 14.2 Å². The molecule has 3 rings (SSSR count). The van der Waals surface area contributed by atoms with Crippen molar-refractivity contribution in [1.82, 2.24) is 0 Å². The maximum Gasteiger partial charge on any atom is 0.343 e. The molecular formula is C26H21NO5. The zero-order chi connectivity index (χ0) is 22.9. The summed E-state index contributed by atoms with van der Waals surface area (Å²) >= 11 is 0.